The Labute approximate surface area is 296 Å². The van der Waals surface area contributed by atoms with E-state index < -0.39 is 17.6 Å². The summed E-state index contributed by atoms with van der Waals surface area (Å²) in [5.74, 6) is 0.242. The van der Waals surface area contributed by atoms with Gasteiger partial charge in [0.05, 0.1) is 16.9 Å². The third-order valence-electron chi connectivity index (χ3n) is 8.05. The minimum Gasteiger partial charge on any atom is -0.439 e. The maximum Gasteiger partial charge on any atom is 0.416 e. The van der Waals surface area contributed by atoms with Gasteiger partial charge in [0.25, 0.3) is 11.8 Å². The fourth-order valence-corrected chi connectivity index (χ4v) is 5.47. The van der Waals surface area contributed by atoms with Crippen LogP contribution < -0.4 is 10.1 Å². The van der Waals surface area contributed by atoms with Crippen molar-refractivity contribution in [3.8, 4) is 11.6 Å². The molecule has 1 fully saturated rings. The normalized spacial score (nSPS) is 13.4. The lowest BCUT2D eigenvalue weighted by Gasteiger charge is -2.34. The summed E-state index contributed by atoms with van der Waals surface area (Å²) in [5, 5.41) is 3.52. The highest BCUT2D eigenvalue weighted by molar-refractivity contribution is 8.93. The lowest BCUT2D eigenvalue weighted by Crippen LogP contribution is -2.48. The number of halogens is 5. The molecule has 0 saturated carbocycles. The number of alkyl halides is 3. The van der Waals surface area contributed by atoms with Gasteiger partial charge in [0.2, 0.25) is 5.88 Å². The van der Waals surface area contributed by atoms with Crippen LogP contribution >= 0.6 is 34.0 Å². The maximum absolute atomic E-state index is 13.5. The molecule has 4 heterocycles. The number of hydrogen-bond acceptors (Lipinski definition) is 6. The average molecular weight is 790 g/mol. The Bertz CT molecular complexity index is 1890. The molecule has 2 amide bonds. The van der Waals surface area contributed by atoms with Gasteiger partial charge >= 0.3 is 6.18 Å². The minimum atomic E-state index is -4.48. The van der Waals surface area contributed by atoms with Crippen LogP contribution in [-0.2, 0) is 19.8 Å². The molecule has 1 aliphatic rings. The second kappa shape index (κ2) is 15.3. The van der Waals surface area contributed by atoms with Gasteiger partial charge in [-0.2, -0.15) is 13.2 Å². The zero-order chi connectivity index (χ0) is 32.4. The number of fused-ring (bicyclic) bond motifs is 1. The summed E-state index contributed by atoms with van der Waals surface area (Å²) >= 11 is 0. The van der Waals surface area contributed by atoms with Crippen molar-refractivity contribution < 1.29 is 27.5 Å². The van der Waals surface area contributed by atoms with Crippen LogP contribution in [0.25, 0.3) is 10.9 Å². The number of carbonyl (C=O) groups excluding carboxylic acids is 2. The van der Waals surface area contributed by atoms with E-state index in [2.05, 4.69) is 20.2 Å². The van der Waals surface area contributed by atoms with Gasteiger partial charge in [0.15, 0.2) is 0 Å². The molecule has 1 saturated heterocycles. The predicted molar refractivity (Wildman–Crippen MR) is 187 cm³/mol. The largest absolute Gasteiger partial charge is 0.439 e. The predicted octanol–water partition coefficient (Wildman–Crippen LogP) is 7.45. The zero-order valence-corrected chi connectivity index (χ0v) is 29.5. The van der Waals surface area contributed by atoms with Crippen molar-refractivity contribution in [2.24, 2.45) is 7.05 Å². The van der Waals surface area contributed by atoms with E-state index in [0.29, 0.717) is 41.8 Å². The molecule has 0 atom stereocenters. The Hall–Kier alpha value is -4.27. The maximum atomic E-state index is 13.5. The molecule has 252 valence electrons. The number of carbonyl (C=O) groups is 2. The molecule has 5 aromatic rings. The van der Waals surface area contributed by atoms with E-state index in [9.17, 15) is 22.8 Å². The Kier molecular flexibility index (Phi) is 11.7. The molecule has 0 radical (unpaired) electrons. The first-order valence-electron chi connectivity index (χ1n) is 14.7. The summed E-state index contributed by atoms with van der Waals surface area (Å²) in [7, 11) is 1.87. The van der Waals surface area contributed by atoms with Crippen molar-refractivity contribution in [1.82, 2.24) is 24.3 Å². The van der Waals surface area contributed by atoms with Gasteiger partial charge in [-0.15, -0.1) is 34.0 Å². The molecule has 2 aromatic carbocycles. The van der Waals surface area contributed by atoms with E-state index >= 15 is 0 Å². The number of benzene rings is 2. The van der Waals surface area contributed by atoms with Gasteiger partial charge in [-0.25, -0.2) is 4.98 Å². The highest BCUT2D eigenvalue weighted by Gasteiger charge is 2.30. The van der Waals surface area contributed by atoms with Crippen LogP contribution in [-0.4, -0.2) is 62.3 Å². The molecular weight excluding hydrogens is 757 g/mol. The lowest BCUT2D eigenvalue weighted by atomic mass is 10.1. The summed E-state index contributed by atoms with van der Waals surface area (Å²) in [6, 6.07) is 18.6. The first-order chi connectivity index (χ1) is 22.0. The Morgan fingerprint density at radius 1 is 0.896 bits per heavy atom. The smallest absolute Gasteiger partial charge is 0.416 e. The van der Waals surface area contributed by atoms with Crippen LogP contribution in [0, 0.1) is 6.92 Å². The number of amides is 2. The van der Waals surface area contributed by atoms with Gasteiger partial charge in [0.1, 0.15) is 11.4 Å². The van der Waals surface area contributed by atoms with E-state index in [1.54, 1.807) is 37.5 Å². The van der Waals surface area contributed by atoms with Crippen molar-refractivity contribution in [3.63, 3.8) is 0 Å². The van der Waals surface area contributed by atoms with Crippen LogP contribution in [0.3, 0.4) is 0 Å². The first-order valence-corrected chi connectivity index (χ1v) is 14.7. The molecule has 3 aromatic heterocycles. The number of ether oxygens (including phenoxy) is 1. The van der Waals surface area contributed by atoms with Crippen molar-refractivity contribution in [1.29, 1.82) is 0 Å². The SMILES string of the molecule is Br.Br.Cc1nc(Oc2ccc3c(c2)cc(C(=O)N2CCN(Cc4ccncc4)CC2)n3C)ccc1NC(=O)c1ccc(C(F)(F)F)cc1. The average Bonchev–Trinajstić information content (AvgIpc) is 3.37. The second-order valence-corrected chi connectivity index (χ2v) is 11.1. The summed E-state index contributed by atoms with van der Waals surface area (Å²) in [6.07, 6.45) is -0.898. The summed E-state index contributed by atoms with van der Waals surface area (Å²) in [4.78, 5) is 38.8. The Balaban J connectivity index is 0.00000260. The first kappa shape index (κ1) is 36.6. The molecule has 48 heavy (non-hydrogen) atoms. The molecule has 9 nitrogen and oxygen atoms in total. The standard InChI is InChI=1S/C34H31F3N6O3.2BrH/c1-22-28(40-32(44)24-3-5-26(6-4-24)34(35,36)37)8-10-31(39-22)46-27-7-9-29-25(19-27)20-30(41(29)2)33(45)43-17-15-42(16-18-43)21-23-11-13-38-14-12-23;;/h3-14,19-20H,15-18,21H2,1-2H3,(H,40,44);2*1H. The van der Waals surface area contributed by atoms with Gasteiger partial charge < -0.3 is 19.5 Å². The van der Waals surface area contributed by atoms with Gasteiger partial charge in [0, 0.05) is 74.7 Å². The molecule has 1 N–H and O–H groups in total. The Morgan fingerprint density at radius 3 is 2.23 bits per heavy atom. The van der Waals surface area contributed by atoms with E-state index in [0.717, 1.165) is 54.8 Å². The number of rotatable bonds is 7. The van der Waals surface area contributed by atoms with Crippen LogP contribution in [0.1, 0.15) is 37.7 Å². The van der Waals surface area contributed by atoms with Crippen LogP contribution in [0.5, 0.6) is 11.6 Å². The third-order valence-corrected chi connectivity index (χ3v) is 8.05. The van der Waals surface area contributed by atoms with Crippen LogP contribution in [0.4, 0.5) is 18.9 Å². The Morgan fingerprint density at radius 2 is 1.58 bits per heavy atom. The monoisotopic (exact) mass is 788 g/mol. The minimum absolute atomic E-state index is 0. The highest BCUT2D eigenvalue weighted by Crippen LogP contribution is 2.30. The fraction of sp³-hybridized carbons (Fsp3) is 0.235. The number of aromatic nitrogens is 3. The van der Waals surface area contributed by atoms with Crippen LogP contribution in [0.15, 0.2) is 85.2 Å². The molecule has 6 rings (SSSR count). The van der Waals surface area contributed by atoms with Crippen molar-refractivity contribution in [3.05, 3.63) is 113 Å². The van der Waals surface area contributed by atoms with Gasteiger partial charge in [-0.1, -0.05) is 0 Å². The number of anilines is 1. The zero-order valence-electron chi connectivity index (χ0n) is 26.0. The molecule has 1 aliphatic heterocycles. The number of hydrogen-bond donors (Lipinski definition) is 1. The van der Waals surface area contributed by atoms with E-state index in [4.69, 9.17) is 4.74 Å². The van der Waals surface area contributed by atoms with Crippen molar-refractivity contribution >= 4 is 62.4 Å². The summed E-state index contributed by atoms with van der Waals surface area (Å²) in [5.41, 5.74) is 2.81. The highest BCUT2D eigenvalue weighted by atomic mass is 79.9. The van der Waals surface area contributed by atoms with Crippen molar-refractivity contribution in [2.45, 2.75) is 19.6 Å². The number of piperazine rings is 1. The number of pyridine rings is 2. The quantitative estimate of drug-likeness (QED) is 0.184. The number of nitrogens with one attached hydrogen (secondary N) is 1. The van der Waals surface area contributed by atoms with E-state index in [1.807, 2.05) is 46.8 Å². The molecule has 0 bridgehead atoms. The second-order valence-electron chi connectivity index (χ2n) is 11.1. The lowest BCUT2D eigenvalue weighted by molar-refractivity contribution is -0.137. The molecule has 0 spiro atoms. The van der Waals surface area contributed by atoms with Gasteiger partial charge in [-0.3, -0.25) is 19.5 Å². The summed E-state index contributed by atoms with van der Waals surface area (Å²) in [6.45, 7) is 5.39. The molecule has 0 unspecified atom stereocenters. The fourth-order valence-electron chi connectivity index (χ4n) is 5.47. The third kappa shape index (κ3) is 8.23. The molecule has 14 heteroatoms. The summed E-state index contributed by atoms with van der Waals surface area (Å²) < 4.78 is 46.4. The van der Waals surface area contributed by atoms with Crippen molar-refractivity contribution in [2.75, 3.05) is 31.5 Å². The number of aryl methyl sites for hydroxylation is 2. The van der Waals surface area contributed by atoms with E-state index in [1.165, 1.54) is 5.56 Å². The number of nitrogens with zero attached hydrogens (tertiary/aromatic N) is 5. The van der Waals surface area contributed by atoms with E-state index in [-0.39, 0.29) is 45.4 Å². The molecular formula is C34H33Br2F3N6O3. The van der Waals surface area contributed by atoms with Crippen LogP contribution in [0.2, 0.25) is 0 Å². The molecule has 0 aliphatic carbocycles. The van der Waals surface area contributed by atoms with Gasteiger partial charge in [-0.05, 0) is 79.2 Å². The topological polar surface area (TPSA) is 92.6 Å².